The summed E-state index contributed by atoms with van der Waals surface area (Å²) in [5.74, 6) is 1.53. The molecule has 7 nitrogen and oxygen atoms in total. The fraction of sp³-hybridized carbons (Fsp3) is 0.250. The quantitative estimate of drug-likeness (QED) is 0.365. The molecule has 0 saturated heterocycles. The number of aromatic nitrogens is 2. The van der Waals surface area contributed by atoms with Gasteiger partial charge < -0.3 is 21.5 Å². The van der Waals surface area contributed by atoms with Crippen LogP contribution in [0.5, 0.6) is 0 Å². The minimum absolute atomic E-state index is 0.189. The van der Waals surface area contributed by atoms with Gasteiger partial charge in [-0.1, -0.05) is 36.0 Å². The fourth-order valence-corrected chi connectivity index (χ4v) is 5.44. The molecule has 1 aliphatic carbocycles. The van der Waals surface area contributed by atoms with E-state index in [0.717, 1.165) is 69.5 Å². The third-order valence-electron chi connectivity index (χ3n) is 6.38. The highest BCUT2D eigenvalue weighted by atomic mass is 32.2. The molecule has 36 heavy (non-hydrogen) atoms. The van der Waals surface area contributed by atoms with Crippen LogP contribution in [0.4, 0.5) is 11.6 Å². The highest BCUT2D eigenvalue weighted by Crippen LogP contribution is 2.36. The molecule has 1 aliphatic heterocycles. The maximum absolute atomic E-state index is 9.80. The van der Waals surface area contributed by atoms with Gasteiger partial charge in [0.2, 0.25) is 0 Å². The van der Waals surface area contributed by atoms with Gasteiger partial charge in [0.25, 0.3) is 0 Å². The Morgan fingerprint density at radius 2 is 1.89 bits per heavy atom. The van der Waals surface area contributed by atoms with Crippen LogP contribution in [0.25, 0.3) is 17.2 Å². The zero-order valence-corrected chi connectivity index (χ0v) is 20.6. The van der Waals surface area contributed by atoms with Crippen LogP contribution in [0.3, 0.4) is 0 Å². The van der Waals surface area contributed by atoms with Gasteiger partial charge in [-0.25, -0.2) is 4.98 Å². The van der Waals surface area contributed by atoms with E-state index in [1.54, 1.807) is 24.2 Å². The molecule has 2 aliphatic rings. The van der Waals surface area contributed by atoms with Crippen LogP contribution in [0, 0.1) is 11.3 Å². The van der Waals surface area contributed by atoms with Gasteiger partial charge in [-0.15, -0.1) is 0 Å². The molecular formula is C28H28N6OS. The number of hydrogen-bond acceptors (Lipinski definition) is 8. The molecule has 0 radical (unpaired) electrons. The van der Waals surface area contributed by atoms with Crippen molar-refractivity contribution in [2.75, 3.05) is 10.6 Å². The summed E-state index contributed by atoms with van der Waals surface area (Å²) in [7, 11) is 0. The zero-order chi connectivity index (χ0) is 24.9. The SMILES string of the molecule is N#Cc1cncc(-c2ccc3c(c2)SC(Nc2cc(CN)cc(NC4CCC(O)CC4)n2)=CC=C3)c1. The van der Waals surface area contributed by atoms with Crippen LogP contribution in [0.15, 0.2) is 70.9 Å². The number of rotatable bonds is 6. The van der Waals surface area contributed by atoms with Crippen LogP contribution in [-0.4, -0.2) is 27.2 Å². The Bertz CT molecular complexity index is 1350. The van der Waals surface area contributed by atoms with Gasteiger partial charge in [-0.2, -0.15) is 5.26 Å². The topological polar surface area (TPSA) is 120 Å². The lowest BCUT2D eigenvalue weighted by Crippen LogP contribution is -2.28. The number of thioether (sulfide) groups is 1. The normalized spacial score (nSPS) is 19.0. The largest absolute Gasteiger partial charge is 0.393 e. The Morgan fingerprint density at radius 1 is 1.06 bits per heavy atom. The number of fused-ring (bicyclic) bond motifs is 1. The maximum atomic E-state index is 9.80. The first-order chi connectivity index (χ1) is 17.6. The van der Waals surface area contributed by atoms with Gasteiger partial charge in [0, 0.05) is 35.4 Å². The van der Waals surface area contributed by atoms with Gasteiger partial charge in [0.05, 0.1) is 16.7 Å². The molecule has 5 N–H and O–H groups in total. The lowest BCUT2D eigenvalue weighted by atomic mass is 9.93. The number of nitrogens with zero attached hydrogens (tertiary/aromatic N) is 3. The van der Waals surface area contributed by atoms with E-state index < -0.39 is 0 Å². The van der Waals surface area contributed by atoms with Crippen LogP contribution in [-0.2, 0) is 6.54 Å². The average Bonchev–Trinajstić information content (AvgIpc) is 3.11. The van der Waals surface area contributed by atoms with E-state index in [1.165, 1.54) is 0 Å². The molecular weight excluding hydrogens is 468 g/mol. The monoisotopic (exact) mass is 496 g/mol. The Morgan fingerprint density at radius 3 is 2.69 bits per heavy atom. The van der Waals surface area contributed by atoms with Crippen molar-refractivity contribution in [3.63, 3.8) is 0 Å². The number of benzene rings is 1. The van der Waals surface area contributed by atoms with Crippen molar-refractivity contribution in [3.8, 4) is 17.2 Å². The number of pyridine rings is 2. The molecule has 5 rings (SSSR count). The lowest BCUT2D eigenvalue weighted by molar-refractivity contribution is 0.126. The van der Waals surface area contributed by atoms with E-state index in [0.29, 0.717) is 18.2 Å². The second-order valence-corrected chi connectivity index (χ2v) is 10.1. The first kappa shape index (κ1) is 24.1. The van der Waals surface area contributed by atoms with Crippen LogP contribution < -0.4 is 16.4 Å². The average molecular weight is 497 g/mol. The summed E-state index contributed by atoms with van der Waals surface area (Å²) in [4.78, 5) is 10.1. The maximum Gasteiger partial charge on any atom is 0.133 e. The van der Waals surface area contributed by atoms with E-state index in [9.17, 15) is 10.4 Å². The van der Waals surface area contributed by atoms with Crippen molar-refractivity contribution < 1.29 is 5.11 Å². The van der Waals surface area contributed by atoms with Crippen LogP contribution >= 0.6 is 11.8 Å². The summed E-state index contributed by atoms with van der Waals surface area (Å²) in [6.07, 6.45) is 12.8. The van der Waals surface area contributed by atoms with Gasteiger partial charge in [0.1, 0.15) is 17.7 Å². The Balaban J connectivity index is 1.35. The smallest absolute Gasteiger partial charge is 0.133 e. The van der Waals surface area contributed by atoms with Crippen molar-refractivity contribution in [2.24, 2.45) is 5.73 Å². The summed E-state index contributed by atoms with van der Waals surface area (Å²) in [5.41, 5.74) is 10.5. The second kappa shape index (κ2) is 11.0. The molecule has 8 heteroatoms. The van der Waals surface area contributed by atoms with E-state index >= 15 is 0 Å². The Kier molecular flexibility index (Phi) is 7.33. The van der Waals surface area contributed by atoms with Crippen molar-refractivity contribution in [3.05, 3.63) is 82.7 Å². The number of hydrogen-bond donors (Lipinski definition) is 4. The predicted molar refractivity (Wildman–Crippen MR) is 145 cm³/mol. The van der Waals surface area contributed by atoms with Crippen LogP contribution in [0.2, 0.25) is 0 Å². The third kappa shape index (κ3) is 5.77. The summed E-state index contributed by atoms with van der Waals surface area (Å²) in [6, 6.07) is 14.5. The van der Waals surface area contributed by atoms with Gasteiger partial charge in [-0.3, -0.25) is 4.98 Å². The number of allylic oxidation sites excluding steroid dienone is 2. The lowest BCUT2D eigenvalue weighted by Gasteiger charge is -2.27. The number of nitriles is 1. The van der Waals surface area contributed by atoms with E-state index in [4.69, 9.17) is 10.7 Å². The molecule has 1 saturated carbocycles. The molecule has 2 aromatic heterocycles. The first-order valence-corrected chi connectivity index (χ1v) is 12.9. The molecule has 0 bridgehead atoms. The Hall–Kier alpha value is -3.64. The number of nitrogens with one attached hydrogen (secondary N) is 2. The second-order valence-electron chi connectivity index (χ2n) is 9.04. The highest BCUT2D eigenvalue weighted by molar-refractivity contribution is 8.03. The molecule has 3 heterocycles. The van der Waals surface area contributed by atoms with Crippen molar-refractivity contribution in [2.45, 2.75) is 49.3 Å². The number of nitrogens with two attached hydrogens (primary N) is 1. The van der Waals surface area contributed by atoms with Crippen molar-refractivity contribution >= 4 is 29.5 Å². The van der Waals surface area contributed by atoms with Crippen molar-refractivity contribution in [1.29, 1.82) is 5.26 Å². The predicted octanol–water partition coefficient (Wildman–Crippen LogP) is 5.26. The molecule has 3 aromatic rings. The molecule has 1 aromatic carbocycles. The number of aliphatic hydroxyl groups excluding tert-OH is 1. The molecule has 1 fully saturated rings. The van der Waals surface area contributed by atoms with Gasteiger partial charge >= 0.3 is 0 Å². The standard InChI is InChI=1S/C28H28N6OS/c29-14-18-11-26(32-23-6-8-24(35)9-7-23)33-27(12-18)34-28-3-1-2-20-4-5-21(13-25(20)36-28)22-10-19(15-30)16-31-17-22/h1-5,10-13,16-17,23-24,35H,6-9,14,29H2,(H2,32,33,34). The van der Waals surface area contributed by atoms with E-state index in [-0.39, 0.29) is 6.10 Å². The Labute approximate surface area is 215 Å². The number of anilines is 2. The van der Waals surface area contributed by atoms with Crippen molar-refractivity contribution in [1.82, 2.24) is 9.97 Å². The summed E-state index contributed by atoms with van der Waals surface area (Å²) >= 11 is 1.63. The molecule has 182 valence electrons. The number of aliphatic hydroxyl groups is 1. The summed E-state index contributed by atoms with van der Waals surface area (Å²) < 4.78 is 0. The minimum Gasteiger partial charge on any atom is -0.393 e. The first-order valence-electron chi connectivity index (χ1n) is 12.1. The fourth-order valence-electron chi connectivity index (χ4n) is 4.46. The molecule has 0 unspecified atom stereocenters. The van der Waals surface area contributed by atoms with E-state index in [2.05, 4.69) is 46.0 Å². The van der Waals surface area contributed by atoms with Crippen LogP contribution in [0.1, 0.15) is 42.4 Å². The minimum atomic E-state index is -0.189. The molecule has 0 atom stereocenters. The van der Waals surface area contributed by atoms with Gasteiger partial charge in [-0.05, 0) is 72.7 Å². The molecule has 0 amide bonds. The molecule has 0 spiro atoms. The third-order valence-corrected chi connectivity index (χ3v) is 7.41. The van der Waals surface area contributed by atoms with Gasteiger partial charge in [0.15, 0.2) is 0 Å². The summed E-state index contributed by atoms with van der Waals surface area (Å²) in [5, 5.41) is 27.0. The highest BCUT2D eigenvalue weighted by Gasteiger charge is 2.20. The summed E-state index contributed by atoms with van der Waals surface area (Å²) in [6.45, 7) is 0.420. The van der Waals surface area contributed by atoms with E-state index in [1.807, 2.05) is 30.4 Å². The zero-order valence-electron chi connectivity index (χ0n) is 19.8.